The number of hydrogen-bond donors (Lipinski definition) is 2. The molecule has 2 aromatic carbocycles. The molecule has 2 rings (SSSR count). The Bertz CT molecular complexity index is 892. The van der Waals surface area contributed by atoms with Gasteiger partial charge < -0.3 is 9.50 Å². The van der Waals surface area contributed by atoms with Gasteiger partial charge in [-0.1, -0.05) is 23.7 Å². The number of benzene rings is 2. The zero-order valence-electron chi connectivity index (χ0n) is 13.7. The third-order valence-electron chi connectivity index (χ3n) is 3.35. The molecule has 0 aliphatic heterocycles. The molecule has 2 aromatic rings. The molecule has 0 saturated carbocycles. The van der Waals surface area contributed by atoms with Crippen molar-refractivity contribution >= 4 is 46.3 Å². The number of carbonyl (C=O) groups is 2. The van der Waals surface area contributed by atoms with Gasteiger partial charge in [-0.3, -0.25) is 14.2 Å². The Morgan fingerprint density at radius 1 is 1.26 bits per heavy atom. The van der Waals surface area contributed by atoms with Gasteiger partial charge in [0.05, 0.1) is 5.69 Å². The summed E-state index contributed by atoms with van der Waals surface area (Å²) in [6.45, 7) is 0.835. The fraction of sp³-hybridized carbons (Fsp3) is 0.125. The Labute approximate surface area is 160 Å². The number of nitrogens with zero attached hydrogens (tertiary/aromatic N) is 1. The Morgan fingerprint density at radius 3 is 2.48 bits per heavy atom. The number of anilines is 2. The van der Waals surface area contributed by atoms with Gasteiger partial charge in [-0.05, 0) is 36.8 Å². The van der Waals surface area contributed by atoms with Crippen molar-refractivity contribution in [3.8, 4) is 0 Å². The number of hydrogen-bond acceptors (Lipinski definition) is 4. The summed E-state index contributed by atoms with van der Waals surface area (Å²) >= 11 is 2.95. The van der Waals surface area contributed by atoms with Crippen molar-refractivity contribution in [1.82, 2.24) is 0 Å². The Balaban J connectivity index is 2.31. The van der Waals surface area contributed by atoms with Crippen molar-refractivity contribution < 1.29 is 31.3 Å². The van der Waals surface area contributed by atoms with E-state index in [1.807, 2.05) is 5.32 Å². The van der Waals surface area contributed by atoms with Crippen LogP contribution < -0.4 is 10.2 Å². The van der Waals surface area contributed by atoms with Crippen LogP contribution in [0.15, 0.2) is 36.4 Å². The van der Waals surface area contributed by atoms with E-state index >= 15 is 0 Å². The zero-order valence-corrected chi connectivity index (χ0v) is 15.3. The molecule has 11 heteroatoms. The third kappa shape index (κ3) is 5.46. The molecule has 0 heterocycles. The summed E-state index contributed by atoms with van der Waals surface area (Å²) in [7, 11) is 0. The fourth-order valence-corrected chi connectivity index (χ4v) is 2.55. The number of amides is 2. The van der Waals surface area contributed by atoms with E-state index in [0.29, 0.717) is 10.5 Å². The van der Waals surface area contributed by atoms with Gasteiger partial charge in [0.15, 0.2) is 0 Å². The van der Waals surface area contributed by atoms with E-state index in [0.717, 1.165) is 18.2 Å². The molecule has 0 saturated heterocycles. The van der Waals surface area contributed by atoms with E-state index in [-0.39, 0.29) is 10.7 Å². The number of para-hydroxylation sites is 1. The van der Waals surface area contributed by atoms with Crippen LogP contribution in [0.3, 0.4) is 0 Å². The van der Waals surface area contributed by atoms with Crippen LogP contribution in [0.1, 0.15) is 5.56 Å². The van der Waals surface area contributed by atoms with Gasteiger partial charge in [0.2, 0.25) is 5.91 Å². The first-order valence-electron chi connectivity index (χ1n) is 7.29. The molecule has 0 aromatic heterocycles. The molecule has 1 unspecified atom stereocenters. The second kappa shape index (κ2) is 8.89. The van der Waals surface area contributed by atoms with Gasteiger partial charge in [0.25, 0.3) is 0 Å². The number of carbonyl (C=O) groups excluding carboxylic acids is 2. The second-order valence-corrected chi connectivity index (χ2v) is 6.27. The Kier molecular flexibility index (Phi) is 6.83. The van der Waals surface area contributed by atoms with Gasteiger partial charge in [-0.25, -0.2) is 13.6 Å². The van der Waals surface area contributed by atoms with Crippen LogP contribution >= 0.6 is 11.6 Å². The lowest BCUT2D eigenvalue weighted by molar-refractivity contribution is -0.115. The molecule has 0 spiro atoms. The molecule has 27 heavy (non-hydrogen) atoms. The molecule has 1 atom stereocenters. The standard InChI is InChI=1S/C16H13ClF2N2O5S/c1-9-5-6-10(17)7-13(9)21(16(23)26-27(24)25)8-14(22)20-15-11(18)3-2-4-12(15)19/h2-7H,8H2,1H3,(H,20,22)(H,24,25). The summed E-state index contributed by atoms with van der Waals surface area (Å²) in [4.78, 5) is 25.1. The summed E-state index contributed by atoms with van der Waals surface area (Å²) < 4.78 is 51.1. The first-order valence-corrected chi connectivity index (χ1v) is 8.70. The zero-order chi connectivity index (χ0) is 20.1. The van der Waals surface area contributed by atoms with Crippen LogP contribution in [-0.2, 0) is 20.3 Å². The highest BCUT2D eigenvalue weighted by molar-refractivity contribution is 7.74. The third-order valence-corrected chi connectivity index (χ3v) is 3.87. The fourth-order valence-electron chi connectivity index (χ4n) is 2.17. The normalized spacial score (nSPS) is 11.6. The van der Waals surface area contributed by atoms with Gasteiger partial charge in [0, 0.05) is 5.02 Å². The molecule has 2 amide bonds. The minimum atomic E-state index is -2.94. The molecular weight excluding hydrogens is 406 g/mol. The smallest absolute Gasteiger partial charge is 0.325 e. The van der Waals surface area contributed by atoms with Gasteiger partial charge in [-0.2, -0.15) is 4.21 Å². The van der Waals surface area contributed by atoms with Gasteiger partial charge in [0.1, 0.15) is 23.9 Å². The quantitative estimate of drug-likeness (QED) is 0.722. The number of aryl methyl sites for hydroxylation is 1. The number of nitrogens with one attached hydrogen (secondary N) is 1. The summed E-state index contributed by atoms with van der Waals surface area (Å²) in [6.07, 6.45) is -1.33. The maximum Gasteiger partial charge on any atom is 0.430 e. The SMILES string of the molecule is Cc1ccc(Cl)cc1N(CC(=O)Nc1c(F)cccc1F)C(=O)OS(=O)O. The largest absolute Gasteiger partial charge is 0.430 e. The van der Waals surface area contributed by atoms with Crippen molar-refractivity contribution in [3.05, 3.63) is 58.6 Å². The first kappa shape index (κ1) is 20.7. The topological polar surface area (TPSA) is 95.9 Å². The van der Waals surface area contributed by atoms with Crippen molar-refractivity contribution in [3.63, 3.8) is 0 Å². The van der Waals surface area contributed by atoms with Crippen molar-refractivity contribution in [2.24, 2.45) is 0 Å². The monoisotopic (exact) mass is 418 g/mol. The molecular formula is C16H13ClF2N2O5S. The van der Waals surface area contributed by atoms with E-state index in [9.17, 15) is 22.6 Å². The number of halogens is 3. The molecule has 0 bridgehead atoms. The first-order chi connectivity index (χ1) is 12.7. The van der Waals surface area contributed by atoms with Crippen LogP contribution in [0.5, 0.6) is 0 Å². The Hall–Kier alpha value is -2.56. The lowest BCUT2D eigenvalue weighted by Gasteiger charge is -2.22. The predicted octanol–water partition coefficient (Wildman–Crippen LogP) is 3.65. The maximum absolute atomic E-state index is 13.7. The summed E-state index contributed by atoms with van der Waals surface area (Å²) in [5.41, 5.74) is -0.0867. The number of rotatable bonds is 5. The van der Waals surface area contributed by atoms with Crippen LogP contribution in [0.25, 0.3) is 0 Å². The maximum atomic E-state index is 13.7. The lowest BCUT2D eigenvalue weighted by atomic mass is 10.2. The molecule has 2 N–H and O–H groups in total. The molecule has 0 aliphatic carbocycles. The van der Waals surface area contributed by atoms with Crippen molar-refractivity contribution in [2.75, 3.05) is 16.8 Å². The summed E-state index contributed by atoms with van der Waals surface area (Å²) in [5, 5.41) is 2.23. The van der Waals surface area contributed by atoms with E-state index in [4.69, 9.17) is 16.2 Å². The van der Waals surface area contributed by atoms with Gasteiger partial charge in [-0.15, -0.1) is 0 Å². The Morgan fingerprint density at radius 2 is 1.89 bits per heavy atom. The van der Waals surface area contributed by atoms with E-state index in [2.05, 4.69) is 4.18 Å². The van der Waals surface area contributed by atoms with Crippen molar-refractivity contribution in [2.45, 2.75) is 6.92 Å². The minimum absolute atomic E-state index is 0.113. The molecule has 7 nitrogen and oxygen atoms in total. The van der Waals surface area contributed by atoms with E-state index < -0.39 is 47.2 Å². The van der Waals surface area contributed by atoms with Gasteiger partial charge >= 0.3 is 17.5 Å². The highest BCUT2D eigenvalue weighted by atomic mass is 35.5. The van der Waals surface area contributed by atoms with E-state index in [1.54, 1.807) is 13.0 Å². The molecule has 0 radical (unpaired) electrons. The average Bonchev–Trinajstić information content (AvgIpc) is 2.58. The average molecular weight is 419 g/mol. The highest BCUT2D eigenvalue weighted by Gasteiger charge is 2.25. The summed E-state index contributed by atoms with van der Waals surface area (Å²) in [6, 6.07) is 7.41. The van der Waals surface area contributed by atoms with Crippen LogP contribution in [-0.4, -0.2) is 27.3 Å². The van der Waals surface area contributed by atoms with Crippen LogP contribution in [0, 0.1) is 18.6 Å². The van der Waals surface area contributed by atoms with E-state index in [1.165, 1.54) is 12.1 Å². The second-order valence-electron chi connectivity index (χ2n) is 5.23. The molecule has 144 valence electrons. The highest BCUT2D eigenvalue weighted by Crippen LogP contribution is 2.25. The molecule has 0 fully saturated rings. The lowest BCUT2D eigenvalue weighted by Crippen LogP contribution is -2.39. The summed E-state index contributed by atoms with van der Waals surface area (Å²) in [5.74, 6) is -2.99. The minimum Gasteiger partial charge on any atom is -0.325 e. The van der Waals surface area contributed by atoms with Crippen LogP contribution in [0.2, 0.25) is 5.02 Å². The van der Waals surface area contributed by atoms with Crippen LogP contribution in [0.4, 0.5) is 25.0 Å². The molecule has 0 aliphatic rings. The predicted molar refractivity (Wildman–Crippen MR) is 95.8 cm³/mol. The van der Waals surface area contributed by atoms with Crippen molar-refractivity contribution in [1.29, 1.82) is 0 Å².